The minimum absolute atomic E-state index is 0.00540. The van der Waals surface area contributed by atoms with Crippen LogP contribution in [0.4, 0.5) is 43.7 Å². The van der Waals surface area contributed by atoms with Gasteiger partial charge in [0, 0.05) is 55.2 Å². The van der Waals surface area contributed by atoms with Crippen molar-refractivity contribution in [2.75, 3.05) is 41.2 Å². The average Bonchev–Trinajstić information content (AvgIpc) is 1.57. The maximum absolute atomic E-state index is 12.7. The summed E-state index contributed by atoms with van der Waals surface area (Å²) in [5.41, 5.74) is 22.4. The number of rotatable bonds is 12. The molecule has 12 aliphatic rings. The Bertz CT molecular complexity index is 4760. The molecule has 7 aromatic rings. The number of nitrogen functional groups attached to an aromatic ring is 1. The Morgan fingerprint density at radius 1 is 0.427 bits per heavy atom. The van der Waals surface area contributed by atoms with E-state index in [4.69, 9.17) is 34.5 Å². The first-order valence-corrected chi connectivity index (χ1v) is 39.9. The molecule has 7 aromatic carbocycles. The third-order valence-electron chi connectivity index (χ3n) is 23.9. The van der Waals surface area contributed by atoms with Crippen LogP contribution in [0.25, 0.3) is 0 Å². The maximum Gasteiger partial charge on any atom is 0.337 e. The first kappa shape index (κ1) is 75.7. The Kier molecular flexibility index (Phi) is 19.7. The number of amides is 4. The van der Waals surface area contributed by atoms with Crippen molar-refractivity contribution in [2.24, 2.45) is 4.99 Å². The number of anilines is 5. The van der Waals surface area contributed by atoms with Crippen LogP contribution < -0.4 is 45.9 Å². The van der Waals surface area contributed by atoms with Gasteiger partial charge in [0.05, 0.1) is 36.6 Å². The summed E-state index contributed by atoms with van der Waals surface area (Å²) in [4.78, 5) is 71.9. The van der Waals surface area contributed by atoms with Crippen molar-refractivity contribution in [3.63, 3.8) is 0 Å². The summed E-state index contributed by atoms with van der Waals surface area (Å²) >= 11 is 3.68. The number of carbonyl (C=O) groups excluding carboxylic acids is 5. The number of urea groups is 2. The molecule has 8 aliphatic carbocycles. The van der Waals surface area contributed by atoms with Gasteiger partial charge in [-0.1, -0.05) is 71.3 Å². The van der Waals surface area contributed by atoms with Crippen LogP contribution in [-0.4, -0.2) is 77.8 Å². The highest BCUT2D eigenvalue weighted by molar-refractivity contribution is 9.10. The lowest BCUT2D eigenvalue weighted by atomic mass is 9.75. The second-order valence-electron chi connectivity index (χ2n) is 35.6. The van der Waals surface area contributed by atoms with Gasteiger partial charge >= 0.3 is 30.0 Å². The molecule has 8 fully saturated rings. The van der Waals surface area contributed by atoms with E-state index in [-0.39, 0.29) is 61.7 Å². The number of methoxy groups -OCH3 is 2. The number of benzene rings is 7. The molecule has 4 spiro atoms. The lowest BCUT2D eigenvalue weighted by molar-refractivity contribution is 0.0592. The second-order valence-corrected chi connectivity index (χ2v) is 36.5. The average molecular weight is 1550 g/mol. The highest BCUT2D eigenvalue weighted by Gasteiger charge is 2.58. The molecule has 0 unspecified atom stereocenters. The van der Waals surface area contributed by atoms with Gasteiger partial charge in [-0.2, -0.15) is 4.99 Å². The predicted octanol–water partition coefficient (Wildman–Crippen LogP) is 21.2. The number of nitrogens with zero attached hydrogens (tertiary/aromatic N) is 1. The van der Waals surface area contributed by atoms with Crippen LogP contribution in [0.3, 0.4) is 0 Å². The van der Waals surface area contributed by atoms with Crippen LogP contribution in [-0.2, 0) is 35.9 Å². The molecule has 8 saturated carbocycles. The standard InChI is InChI=1S/C25H28N2O4.C24H26N2O4.C16H19BrO.C16H21NO.C9H7NO3/c1-24(2)14-25(10-11-25)31-21-19(15-4-5-15)12-18(13-20(21)24)27-23(29)26-17-8-6-16(7-9-17)22(28)30-3;1-23(2)13-24(9-10-24)30-20-18(14-3-4-14)11-17(12-19(20)23)26-22(29)25-16-7-5-15(6-8-16)21(27)28;2*1-15(2)9-16(5-6-16)18-14-12(10-3-4-10)7-11(17)8-13(14)15;1-13-9(12)7-2-4-8(5-3-7)10-6-11/h6-9,12-13,15H,4-5,10-11,14H2,1-3H3,(H2,26,27,29);5-8,11-12,14H,3-4,9-10,13H2,1-2H3,(H,27,28)(H2,25,26,29);7-8,10H,3-6,9H2,1-2H3;7-8,10H,3-6,9,17H2,1-2H3;2-5H,1H3. The first-order valence-electron chi connectivity index (χ1n) is 39.1. The fourth-order valence-electron chi connectivity index (χ4n) is 17.2. The van der Waals surface area contributed by atoms with Crippen LogP contribution in [0.15, 0.2) is 131 Å². The number of nitrogens with one attached hydrogen (secondary N) is 4. The number of nitrogens with two attached hydrogens (primary N) is 1. The van der Waals surface area contributed by atoms with Gasteiger partial charge in [-0.15, -0.1) is 0 Å². The molecule has 4 heterocycles. The molecule has 0 radical (unpaired) electrons. The Morgan fingerprint density at radius 3 is 1.05 bits per heavy atom. The van der Waals surface area contributed by atoms with Gasteiger partial charge in [-0.3, -0.25) is 0 Å². The number of aromatic carboxylic acids is 1. The number of esters is 2. The summed E-state index contributed by atoms with van der Waals surface area (Å²) < 4.78 is 36.3. The van der Waals surface area contributed by atoms with Gasteiger partial charge in [-0.25, -0.2) is 28.8 Å². The first-order chi connectivity index (χ1) is 52.3. The van der Waals surface area contributed by atoms with Crippen LogP contribution in [0.5, 0.6) is 23.0 Å². The number of halogens is 1. The molecule has 4 amide bonds. The van der Waals surface area contributed by atoms with Gasteiger partial charge in [0.25, 0.3) is 0 Å². The topological polar surface area (TPSA) is 265 Å². The van der Waals surface area contributed by atoms with Gasteiger partial charge < -0.3 is 60.5 Å². The molecule has 0 bridgehead atoms. The summed E-state index contributed by atoms with van der Waals surface area (Å²) in [7, 11) is 2.65. The molecule has 19 nitrogen and oxygen atoms in total. The molecule has 0 saturated heterocycles. The molecule has 576 valence electrons. The maximum atomic E-state index is 12.7. The number of hydrogen-bond donors (Lipinski definition) is 6. The highest BCUT2D eigenvalue weighted by Crippen LogP contribution is 2.64. The van der Waals surface area contributed by atoms with Crippen molar-refractivity contribution in [1.29, 1.82) is 0 Å². The number of hydrogen-bond acceptors (Lipinski definition) is 14. The van der Waals surface area contributed by atoms with Gasteiger partial charge in [0.1, 0.15) is 45.4 Å². The lowest BCUT2D eigenvalue weighted by Crippen LogP contribution is -2.36. The number of carbonyl (C=O) groups is 5. The summed E-state index contributed by atoms with van der Waals surface area (Å²) in [6.07, 6.45) is 25.1. The number of carboxylic acids is 1. The summed E-state index contributed by atoms with van der Waals surface area (Å²) in [6.45, 7) is 18.5. The zero-order valence-corrected chi connectivity index (χ0v) is 66.3. The zero-order chi connectivity index (χ0) is 77.7. The van der Waals surface area contributed by atoms with E-state index in [1.165, 1.54) is 188 Å². The number of isocyanates is 1. The van der Waals surface area contributed by atoms with Gasteiger partial charge in [0.2, 0.25) is 6.08 Å². The third kappa shape index (κ3) is 16.8. The summed E-state index contributed by atoms with van der Waals surface area (Å²) in [6, 6.07) is 35.3. The minimum atomic E-state index is -0.995. The highest BCUT2D eigenvalue weighted by atomic mass is 79.9. The number of aliphatic imine (C=N–C) groups is 1. The molecular weight excluding hydrogens is 1450 g/mol. The Labute approximate surface area is 652 Å². The number of carboxylic acid groups (broad SMARTS) is 1. The molecule has 4 aliphatic heterocycles. The van der Waals surface area contributed by atoms with Crippen molar-refractivity contribution in [3.8, 4) is 23.0 Å². The lowest BCUT2D eigenvalue weighted by Gasteiger charge is -2.39. The van der Waals surface area contributed by atoms with Crippen molar-refractivity contribution in [3.05, 3.63) is 187 Å². The van der Waals surface area contributed by atoms with Crippen molar-refractivity contribution in [2.45, 2.75) is 252 Å². The van der Waals surface area contributed by atoms with E-state index in [0.717, 1.165) is 92.3 Å². The van der Waals surface area contributed by atoms with Crippen LogP contribution in [0, 0.1) is 0 Å². The van der Waals surface area contributed by atoms with Crippen molar-refractivity contribution < 1.29 is 62.3 Å². The Morgan fingerprint density at radius 2 is 0.727 bits per heavy atom. The van der Waals surface area contributed by atoms with E-state index in [1.807, 2.05) is 6.07 Å². The van der Waals surface area contributed by atoms with Gasteiger partial charge in [-0.05, 0) is 317 Å². The van der Waals surface area contributed by atoms with Crippen molar-refractivity contribution in [1.82, 2.24) is 0 Å². The number of ether oxygens (including phenoxy) is 6. The largest absolute Gasteiger partial charge is 0.487 e. The van der Waals surface area contributed by atoms with Crippen molar-refractivity contribution >= 4 is 86.1 Å². The van der Waals surface area contributed by atoms with E-state index in [1.54, 1.807) is 36.4 Å². The fourth-order valence-corrected chi connectivity index (χ4v) is 17.7. The summed E-state index contributed by atoms with van der Waals surface area (Å²) in [5, 5.41) is 20.5. The second kappa shape index (κ2) is 28.6. The van der Waals surface area contributed by atoms with E-state index in [9.17, 15) is 28.8 Å². The quantitative estimate of drug-likeness (QED) is 0.0288. The zero-order valence-electron chi connectivity index (χ0n) is 64.7. The Hall–Kier alpha value is -9.65. The fraction of sp³-hybridized carbons (Fsp3) is 0.467. The summed E-state index contributed by atoms with van der Waals surface area (Å²) in [5.74, 6) is 5.18. The van der Waals surface area contributed by atoms with E-state index in [0.29, 0.717) is 45.9 Å². The van der Waals surface area contributed by atoms with E-state index >= 15 is 0 Å². The predicted molar refractivity (Wildman–Crippen MR) is 429 cm³/mol. The Balaban J connectivity index is 0.000000113. The van der Waals surface area contributed by atoms with Crippen LogP contribution in [0.1, 0.15) is 283 Å². The normalized spacial score (nSPS) is 20.8. The smallest absolute Gasteiger partial charge is 0.337 e. The molecule has 20 heteroatoms. The van der Waals surface area contributed by atoms with Crippen LogP contribution >= 0.6 is 15.9 Å². The molecule has 19 rings (SSSR count). The molecule has 110 heavy (non-hydrogen) atoms. The molecule has 0 atom stereocenters. The van der Waals surface area contributed by atoms with E-state index < -0.39 is 17.9 Å². The van der Waals surface area contributed by atoms with E-state index in [2.05, 4.69) is 145 Å². The minimum Gasteiger partial charge on any atom is -0.487 e. The van der Waals surface area contributed by atoms with Crippen LogP contribution in [0.2, 0.25) is 0 Å². The number of fused-ring (bicyclic) bond motifs is 4. The monoisotopic (exact) mass is 1550 g/mol. The molecular formula is C90H101BrN6O13. The molecule has 7 N–H and O–H groups in total. The third-order valence-corrected chi connectivity index (χ3v) is 24.4. The molecule has 0 aromatic heterocycles. The van der Waals surface area contributed by atoms with Gasteiger partial charge in [0.15, 0.2) is 0 Å². The SMILES string of the molecule is CC1(C)CC2(CC2)Oc2c(C3CC3)cc(Br)cc21.CC1(C)CC2(CC2)Oc2c(C3CC3)cc(N)cc21.CC1(C)CC2(CC2)Oc2c(C3CC3)cc(NC(=O)Nc3ccc(C(=O)O)cc3)cc21.COC(=O)c1ccc(N=C=O)cc1.COC(=O)c1ccc(NC(=O)Nc2cc(C3CC3)c3c(c2)C(C)(C)CC2(CC2)O3)cc1.